The summed E-state index contributed by atoms with van der Waals surface area (Å²) in [4.78, 5) is 7.41. The monoisotopic (exact) mass is 308 g/mol. The fourth-order valence-electron chi connectivity index (χ4n) is 2.14. The lowest BCUT2D eigenvalue weighted by Gasteiger charge is -2.08. The topological polar surface area (TPSA) is 58.1 Å². The number of halogens is 3. The van der Waals surface area contributed by atoms with Gasteiger partial charge in [-0.25, -0.2) is 4.98 Å². The molecule has 3 rings (SSSR count). The normalized spacial score (nSPS) is 11.8. The van der Waals surface area contributed by atoms with Crippen molar-refractivity contribution in [1.29, 1.82) is 0 Å². The van der Waals surface area contributed by atoms with E-state index in [1.807, 2.05) is 0 Å². The Morgan fingerprint density at radius 2 is 1.82 bits per heavy atom. The Balaban J connectivity index is 1.77. The summed E-state index contributed by atoms with van der Waals surface area (Å²) in [7, 11) is 0. The van der Waals surface area contributed by atoms with Crippen molar-refractivity contribution in [3.8, 4) is 11.5 Å². The lowest BCUT2D eigenvalue weighted by Crippen LogP contribution is -2.17. The molecular formula is C15H11F3N2O2. The van der Waals surface area contributed by atoms with Crippen molar-refractivity contribution in [2.24, 2.45) is 0 Å². The molecule has 0 amide bonds. The molecule has 4 nitrogen and oxygen atoms in total. The van der Waals surface area contributed by atoms with E-state index in [1.54, 1.807) is 24.3 Å². The lowest BCUT2D eigenvalue weighted by molar-refractivity contribution is -0.274. The van der Waals surface area contributed by atoms with E-state index in [0.29, 0.717) is 23.3 Å². The average Bonchev–Trinajstić information content (AvgIpc) is 2.80. The minimum absolute atomic E-state index is 0.136. The smallest absolute Gasteiger partial charge is 0.508 e. The Hall–Kier alpha value is -2.70. The minimum atomic E-state index is -4.69. The second kappa shape index (κ2) is 5.25. The van der Waals surface area contributed by atoms with Crippen LogP contribution < -0.4 is 4.74 Å². The maximum Gasteiger partial charge on any atom is 0.573 e. The first-order valence-electron chi connectivity index (χ1n) is 6.41. The number of hydrogen-bond donors (Lipinski definition) is 2. The van der Waals surface area contributed by atoms with Crippen LogP contribution in [0.2, 0.25) is 0 Å². The number of aromatic nitrogens is 2. The van der Waals surface area contributed by atoms with E-state index >= 15 is 0 Å². The van der Waals surface area contributed by atoms with Gasteiger partial charge < -0.3 is 14.8 Å². The highest BCUT2D eigenvalue weighted by Crippen LogP contribution is 2.24. The van der Waals surface area contributed by atoms with E-state index in [9.17, 15) is 18.3 Å². The molecule has 1 heterocycles. The standard InChI is InChI=1S/C15H11F3N2O2/c16-15(17,18)22-11-4-1-9(2-5-11)7-14-19-12-6-3-10(21)8-13(12)20-14/h1-6,8,21H,7H2,(H,19,20). The Morgan fingerprint density at radius 1 is 1.09 bits per heavy atom. The van der Waals surface area contributed by atoms with Crippen molar-refractivity contribution in [1.82, 2.24) is 9.97 Å². The molecule has 114 valence electrons. The van der Waals surface area contributed by atoms with Crippen molar-refractivity contribution in [2.45, 2.75) is 12.8 Å². The van der Waals surface area contributed by atoms with Gasteiger partial charge >= 0.3 is 6.36 Å². The highest BCUT2D eigenvalue weighted by molar-refractivity contribution is 5.76. The van der Waals surface area contributed by atoms with E-state index < -0.39 is 6.36 Å². The lowest BCUT2D eigenvalue weighted by atomic mass is 10.1. The summed E-state index contributed by atoms with van der Waals surface area (Å²) in [5, 5.41) is 9.40. The Labute approximate surface area is 123 Å². The molecule has 22 heavy (non-hydrogen) atoms. The zero-order valence-electron chi connectivity index (χ0n) is 11.2. The van der Waals surface area contributed by atoms with E-state index in [4.69, 9.17) is 0 Å². The summed E-state index contributed by atoms with van der Waals surface area (Å²) >= 11 is 0. The molecule has 3 aromatic rings. The van der Waals surface area contributed by atoms with Crippen LogP contribution in [0.5, 0.6) is 11.5 Å². The SMILES string of the molecule is Oc1ccc2nc(Cc3ccc(OC(F)(F)F)cc3)[nH]c2c1. The summed E-state index contributed by atoms with van der Waals surface area (Å²) < 4.78 is 40.1. The van der Waals surface area contributed by atoms with Crippen LogP contribution in [0.25, 0.3) is 11.0 Å². The molecule has 7 heteroatoms. The Bertz CT molecular complexity index is 795. The molecule has 0 spiro atoms. The number of nitrogens with one attached hydrogen (secondary N) is 1. The third-order valence-electron chi connectivity index (χ3n) is 3.04. The van der Waals surface area contributed by atoms with Crippen LogP contribution in [0.15, 0.2) is 42.5 Å². The number of rotatable bonds is 3. The zero-order chi connectivity index (χ0) is 15.7. The number of imidazole rings is 1. The predicted octanol–water partition coefficient (Wildman–Crippen LogP) is 3.76. The molecule has 0 aliphatic rings. The third-order valence-corrected chi connectivity index (χ3v) is 3.04. The van der Waals surface area contributed by atoms with Crippen LogP contribution >= 0.6 is 0 Å². The highest BCUT2D eigenvalue weighted by Gasteiger charge is 2.30. The van der Waals surface area contributed by atoms with Gasteiger partial charge in [0.05, 0.1) is 11.0 Å². The van der Waals surface area contributed by atoms with E-state index in [1.165, 1.54) is 18.2 Å². The quantitative estimate of drug-likeness (QED) is 0.774. The molecule has 2 aromatic carbocycles. The predicted molar refractivity (Wildman–Crippen MR) is 73.7 cm³/mol. The number of hydrogen-bond acceptors (Lipinski definition) is 3. The first kappa shape index (κ1) is 14.2. The summed E-state index contributed by atoms with van der Waals surface area (Å²) in [5.41, 5.74) is 2.20. The van der Waals surface area contributed by atoms with Gasteiger partial charge in [0.15, 0.2) is 0 Å². The van der Waals surface area contributed by atoms with Crippen molar-refractivity contribution >= 4 is 11.0 Å². The van der Waals surface area contributed by atoms with Gasteiger partial charge in [-0.2, -0.15) is 0 Å². The van der Waals surface area contributed by atoms with Crippen molar-refractivity contribution in [2.75, 3.05) is 0 Å². The number of nitrogens with zero attached hydrogens (tertiary/aromatic N) is 1. The second-order valence-electron chi connectivity index (χ2n) is 4.75. The molecule has 0 saturated carbocycles. The Morgan fingerprint density at radius 3 is 2.50 bits per heavy atom. The van der Waals surface area contributed by atoms with E-state index in [-0.39, 0.29) is 11.5 Å². The average molecular weight is 308 g/mol. The van der Waals surface area contributed by atoms with Gasteiger partial charge in [-0.05, 0) is 29.8 Å². The molecule has 2 N–H and O–H groups in total. The van der Waals surface area contributed by atoms with Crippen molar-refractivity contribution < 1.29 is 23.0 Å². The van der Waals surface area contributed by atoms with Gasteiger partial charge in [-0.1, -0.05) is 12.1 Å². The number of fused-ring (bicyclic) bond motifs is 1. The number of benzene rings is 2. The number of H-pyrrole nitrogens is 1. The maximum absolute atomic E-state index is 12.1. The molecular weight excluding hydrogens is 297 g/mol. The van der Waals surface area contributed by atoms with Gasteiger partial charge in [0, 0.05) is 12.5 Å². The molecule has 0 unspecified atom stereocenters. The van der Waals surface area contributed by atoms with Crippen molar-refractivity contribution in [3.05, 3.63) is 53.9 Å². The maximum atomic E-state index is 12.1. The number of ether oxygens (including phenoxy) is 1. The van der Waals surface area contributed by atoms with Crippen LogP contribution in [0, 0.1) is 0 Å². The molecule has 0 aliphatic carbocycles. The van der Waals surface area contributed by atoms with Crippen LogP contribution in [0.3, 0.4) is 0 Å². The second-order valence-corrected chi connectivity index (χ2v) is 4.75. The molecule has 1 aromatic heterocycles. The first-order chi connectivity index (χ1) is 10.4. The van der Waals surface area contributed by atoms with Gasteiger partial charge in [-0.3, -0.25) is 0 Å². The highest BCUT2D eigenvalue weighted by atomic mass is 19.4. The van der Waals surface area contributed by atoms with Crippen molar-refractivity contribution in [3.63, 3.8) is 0 Å². The van der Waals surface area contributed by atoms with Crippen LogP contribution in [-0.4, -0.2) is 21.4 Å². The van der Waals surface area contributed by atoms with E-state index in [0.717, 1.165) is 5.56 Å². The summed E-state index contributed by atoms with van der Waals surface area (Å²) in [6, 6.07) is 10.4. The van der Waals surface area contributed by atoms with Crippen LogP contribution in [-0.2, 0) is 6.42 Å². The van der Waals surface area contributed by atoms with Gasteiger partial charge in [-0.15, -0.1) is 13.2 Å². The molecule has 0 saturated heterocycles. The van der Waals surface area contributed by atoms with E-state index in [2.05, 4.69) is 14.7 Å². The summed E-state index contributed by atoms with van der Waals surface area (Å²) in [5.74, 6) is 0.534. The summed E-state index contributed by atoms with van der Waals surface area (Å²) in [6.07, 6.45) is -4.26. The van der Waals surface area contributed by atoms with Gasteiger partial charge in [0.1, 0.15) is 17.3 Å². The largest absolute Gasteiger partial charge is 0.573 e. The fourth-order valence-corrected chi connectivity index (χ4v) is 2.14. The molecule has 0 fully saturated rings. The number of phenols is 1. The molecule has 0 radical (unpaired) electrons. The Kier molecular flexibility index (Phi) is 3.40. The summed E-state index contributed by atoms with van der Waals surface area (Å²) in [6.45, 7) is 0. The molecule has 0 atom stereocenters. The van der Waals surface area contributed by atoms with Gasteiger partial charge in [0.2, 0.25) is 0 Å². The van der Waals surface area contributed by atoms with Crippen LogP contribution in [0.1, 0.15) is 11.4 Å². The first-order valence-corrected chi connectivity index (χ1v) is 6.41. The number of aromatic amines is 1. The minimum Gasteiger partial charge on any atom is -0.508 e. The van der Waals surface area contributed by atoms with Gasteiger partial charge in [0.25, 0.3) is 0 Å². The number of phenolic OH excluding ortho intramolecular Hbond substituents is 1. The zero-order valence-corrected chi connectivity index (χ0v) is 11.2. The third kappa shape index (κ3) is 3.30. The van der Waals surface area contributed by atoms with Crippen LogP contribution in [0.4, 0.5) is 13.2 Å². The molecule has 0 aliphatic heterocycles. The fraction of sp³-hybridized carbons (Fsp3) is 0.133. The molecule has 0 bridgehead atoms. The number of aromatic hydroxyl groups is 1. The number of alkyl halides is 3.